The number of rotatable bonds is 4. The second kappa shape index (κ2) is 8.36. The van der Waals surface area contributed by atoms with E-state index in [1.54, 1.807) is 6.92 Å². The van der Waals surface area contributed by atoms with Gasteiger partial charge in [0, 0.05) is 0 Å². The fourth-order valence-corrected chi connectivity index (χ4v) is 1.23. The van der Waals surface area contributed by atoms with Crippen molar-refractivity contribution in [2.45, 2.75) is 26.3 Å². The minimum atomic E-state index is -0.874. The molecule has 0 fully saturated rings. The molecule has 0 rings (SSSR count). The zero-order valence-corrected chi connectivity index (χ0v) is 9.77. The van der Waals surface area contributed by atoms with Crippen molar-refractivity contribution >= 4 is 21.9 Å². The lowest BCUT2D eigenvalue weighted by Gasteiger charge is -1.97. The summed E-state index contributed by atoms with van der Waals surface area (Å²) < 4.78 is 9.16. The van der Waals surface area contributed by atoms with Crippen molar-refractivity contribution in [1.29, 1.82) is 0 Å². The number of nitrogens with zero attached hydrogens (tertiary/aromatic N) is 2. The molecule has 7 heteroatoms. The maximum absolute atomic E-state index is 10.8. The third-order valence-corrected chi connectivity index (χ3v) is 2.65. The van der Waals surface area contributed by atoms with E-state index in [2.05, 4.69) is 15.0 Å². The highest BCUT2D eigenvalue weighted by atomic mass is 28.2. The van der Waals surface area contributed by atoms with Gasteiger partial charge in [-0.15, -0.1) is 0 Å². The van der Waals surface area contributed by atoms with Gasteiger partial charge in [-0.2, -0.15) is 0 Å². The van der Waals surface area contributed by atoms with Crippen LogP contribution in [0.25, 0.3) is 0 Å². The van der Waals surface area contributed by atoms with Gasteiger partial charge in [0.15, 0.2) is 0 Å². The molecule has 0 atom stereocenters. The fraction of sp³-hybridized carbons (Fsp3) is 0.714. The normalized spacial score (nSPS) is 11.0. The summed E-state index contributed by atoms with van der Waals surface area (Å²) in [7, 11) is -0.848. The van der Waals surface area contributed by atoms with Gasteiger partial charge in [0.2, 0.25) is 9.76 Å². The first kappa shape index (κ1) is 12.8. The van der Waals surface area contributed by atoms with Crippen molar-refractivity contribution in [3.8, 4) is 0 Å². The van der Waals surface area contributed by atoms with Crippen LogP contribution in [0.4, 0.5) is 9.59 Å². The van der Waals surface area contributed by atoms with Crippen molar-refractivity contribution in [2.24, 2.45) is 10.2 Å². The van der Waals surface area contributed by atoms with Gasteiger partial charge in [0.1, 0.15) is 0 Å². The number of amides is 2. The van der Waals surface area contributed by atoms with Gasteiger partial charge < -0.3 is 9.16 Å². The third-order valence-electron chi connectivity index (χ3n) is 1.20. The van der Waals surface area contributed by atoms with Crippen LogP contribution in [-0.2, 0) is 9.16 Å². The lowest BCUT2D eigenvalue weighted by Crippen LogP contribution is -2.04. The summed E-state index contributed by atoms with van der Waals surface area (Å²) in [6.45, 7) is 3.85. The topological polar surface area (TPSA) is 77.3 Å². The standard InChI is InChI=1S/C7H14N2O4Si/c1-3-5-14-13-7(11)9-8-6(10)12-4-2/h3-5,14H2,1-2H3/b9-8+. The largest absolute Gasteiger partial charge is 0.507 e. The smallest absolute Gasteiger partial charge is 0.452 e. The Hall–Kier alpha value is -1.24. The summed E-state index contributed by atoms with van der Waals surface area (Å²) in [4.78, 5) is 21.4. The van der Waals surface area contributed by atoms with Gasteiger partial charge in [-0.3, -0.25) is 0 Å². The molecule has 0 heterocycles. The number of ether oxygens (including phenoxy) is 1. The van der Waals surface area contributed by atoms with Gasteiger partial charge in [-0.1, -0.05) is 23.6 Å². The summed E-state index contributed by atoms with van der Waals surface area (Å²) in [5.41, 5.74) is 0. The van der Waals surface area contributed by atoms with Crippen LogP contribution in [0.3, 0.4) is 0 Å². The fourth-order valence-electron chi connectivity index (χ4n) is 0.567. The Kier molecular flexibility index (Phi) is 7.62. The van der Waals surface area contributed by atoms with E-state index >= 15 is 0 Å². The number of carbonyl (C=O) groups is 2. The van der Waals surface area contributed by atoms with Crippen LogP contribution < -0.4 is 0 Å². The molecular weight excluding hydrogens is 204 g/mol. The monoisotopic (exact) mass is 218 g/mol. The summed E-state index contributed by atoms with van der Waals surface area (Å²) in [5.74, 6) is 0. The van der Waals surface area contributed by atoms with Crippen LogP contribution in [0.15, 0.2) is 10.2 Å². The predicted octanol–water partition coefficient (Wildman–Crippen LogP) is 1.64. The zero-order chi connectivity index (χ0) is 10.8. The molecule has 0 spiro atoms. The molecule has 0 saturated carbocycles. The molecule has 0 aromatic heterocycles. The molecular formula is C7H14N2O4Si. The highest BCUT2D eigenvalue weighted by molar-refractivity contribution is 6.30. The quantitative estimate of drug-likeness (QED) is 0.408. The van der Waals surface area contributed by atoms with Crippen LogP contribution in [-0.4, -0.2) is 28.6 Å². The number of hydrogen-bond donors (Lipinski definition) is 0. The van der Waals surface area contributed by atoms with E-state index in [0.717, 1.165) is 12.5 Å². The van der Waals surface area contributed by atoms with E-state index in [9.17, 15) is 9.59 Å². The molecule has 0 aliphatic heterocycles. The first-order valence-corrected chi connectivity index (χ1v) is 6.03. The SMILES string of the molecule is CCC[SiH2]OC(=O)/N=N/C(=O)OCC. The second-order valence-corrected chi connectivity index (χ2v) is 3.77. The molecule has 0 aliphatic rings. The molecule has 0 aromatic rings. The van der Waals surface area contributed by atoms with Crippen LogP contribution in [0.2, 0.25) is 6.04 Å². The maximum Gasteiger partial charge on any atom is 0.452 e. The highest BCUT2D eigenvalue weighted by Crippen LogP contribution is 1.92. The van der Waals surface area contributed by atoms with E-state index in [1.807, 2.05) is 6.92 Å². The molecule has 14 heavy (non-hydrogen) atoms. The van der Waals surface area contributed by atoms with Crippen LogP contribution >= 0.6 is 0 Å². The first-order valence-electron chi connectivity index (χ1n) is 4.46. The highest BCUT2D eigenvalue weighted by Gasteiger charge is 2.01. The molecule has 0 aromatic carbocycles. The van der Waals surface area contributed by atoms with Crippen LogP contribution in [0, 0.1) is 0 Å². The average molecular weight is 218 g/mol. The Morgan fingerprint density at radius 1 is 1.21 bits per heavy atom. The van der Waals surface area contributed by atoms with Crippen molar-refractivity contribution in [1.82, 2.24) is 0 Å². The number of azo groups is 1. The van der Waals surface area contributed by atoms with E-state index in [1.165, 1.54) is 0 Å². The lowest BCUT2D eigenvalue weighted by molar-refractivity contribution is 0.160. The van der Waals surface area contributed by atoms with Crippen molar-refractivity contribution in [2.75, 3.05) is 6.61 Å². The summed E-state index contributed by atoms with van der Waals surface area (Å²) in [5, 5.41) is 6.04. The molecule has 0 saturated heterocycles. The number of hydrogen-bond acceptors (Lipinski definition) is 4. The van der Waals surface area contributed by atoms with Crippen molar-refractivity contribution < 1.29 is 18.8 Å². The zero-order valence-electron chi connectivity index (χ0n) is 8.36. The summed E-state index contributed by atoms with van der Waals surface area (Å²) in [6, 6.07) is 0.903. The van der Waals surface area contributed by atoms with Gasteiger partial charge in [0.05, 0.1) is 6.61 Å². The van der Waals surface area contributed by atoms with E-state index in [0.29, 0.717) is 0 Å². The lowest BCUT2D eigenvalue weighted by atomic mass is 10.6. The Bertz CT molecular complexity index is 220. The predicted molar refractivity (Wildman–Crippen MR) is 52.0 cm³/mol. The van der Waals surface area contributed by atoms with E-state index in [-0.39, 0.29) is 6.61 Å². The number of carbonyl (C=O) groups excluding carboxylic acids is 2. The van der Waals surface area contributed by atoms with Gasteiger partial charge >= 0.3 is 12.2 Å². The van der Waals surface area contributed by atoms with Gasteiger partial charge in [0.25, 0.3) is 0 Å². The Balaban J connectivity index is 3.64. The molecule has 0 N–H and O–H groups in total. The van der Waals surface area contributed by atoms with Crippen molar-refractivity contribution in [3.63, 3.8) is 0 Å². The summed E-state index contributed by atoms with van der Waals surface area (Å²) in [6.07, 6.45) is -0.700. The Morgan fingerprint density at radius 3 is 2.43 bits per heavy atom. The molecule has 80 valence electrons. The van der Waals surface area contributed by atoms with Crippen molar-refractivity contribution in [3.05, 3.63) is 0 Å². The molecule has 0 radical (unpaired) electrons. The molecule has 0 unspecified atom stereocenters. The van der Waals surface area contributed by atoms with E-state index in [4.69, 9.17) is 4.43 Å². The molecule has 6 nitrogen and oxygen atoms in total. The Labute approximate surface area is 84.6 Å². The third kappa shape index (κ3) is 7.41. The van der Waals surface area contributed by atoms with Crippen LogP contribution in [0.5, 0.6) is 0 Å². The minimum absolute atomic E-state index is 0.206. The summed E-state index contributed by atoms with van der Waals surface area (Å²) >= 11 is 0. The minimum Gasteiger partial charge on any atom is -0.507 e. The molecule has 0 bridgehead atoms. The van der Waals surface area contributed by atoms with E-state index < -0.39 is 21.9 Å². The molecule has 0 aliphatic carbocycles. The average Bonchev–Trinajstić information content (AvgIpc) is 2.16. The van der Waals surface area contributed by atoms with Gasteiger partial charge in [-0.05, 0) is 13.0 Å². The maximum atomic E-state index is 10.8. The molecule has 2 amide bonds. The van der Waals surface area contributed by atoms with Crippen LogP contribution in [0.1, 0.15) is 20.3 Å². The Morgan fingerprint density at radius 2 is 1.86 bits per heavy atom. The van der Waals surface area contributed by atoms with Gasteiger partial charge in [-0.25, -0.2) is 9.59 Å². The first-order chi connectivity index (χ1) is 6.70. The second-order valence-electron chi connectivity index (χ2n) is 2.37.